The van der Waals surface area contributed by atoms with Crippen molar-refractivity contribution in [2.24, 2.45) is 7.05 Å². The Morgan fingerprint density at radius 1 is 1.45 bits per heavy atom. The van der Waals surface area contributed by atoms with E-state index in [1.54, 1.807) is 29.9 Å². The van der Waals surface area contributed by atoms with Gasteiger partial charge in [-0.2, -0.15) is 0 Å². The number of carbonyl (C=O) groups excluding carboxylic acids is 1. The summed E-state index contributed by atoms with van der Waals surface area (Å²) in [6, 6.07) is 7.24. The molecule has 0 saturated carbocycles. The van der Waals surface area contributed by atoms with Crippen molar-refractivity contribution in [2.45, 2.75) is 0 Å². The smallest absolute Gasteiger partial charge is 0.273 e. The summed E-state index contributed by atoms with van der Waals surface area (Å²) in [5, 5.41) is 10.9. The van der Waals surface area contributed by atoms with Crippen LogP contribution in [-0.4, -0.2) is 21.9 Å². The van der Waals surface area contributed by atoms with Crippen LogP contribution in [0.4, 0.5) is 5.69 Å². The Morgan fingerprint density at radius 3 is 2.80 bits per heavy atom. The van der Waals surface area contributed by atoms with Gasteiger partial charge < -0.3 is 9.30 Å². The largest absolute Gasteiger partial charge is 0.484 e. The number of Topliss-reactive ketones (excluding diaryl/α,β-unsaturated/α-hetero) is 1. The number of hydrogen-bond acceptors (Lipinski definition) is 4. The van der Waals surface area contributed by atoms with E-state index in [1.165, 1.54) is 18.2 Å². The summed E-state index contributed by atoms with van der Waals surface area (Å²) < 4.78 is 6.94. The van der Waals surface area contributed by atoms with Crippen LogP contribution in [0.1, 0.15) is 10.5 Å². The fourth-order valence-corrected chi connectivity index (χ4v) is 1.86. The monoisotopic (exact) mass is 294 g/mol. The number of nitro groups is 1. The molecule has 0 amide bonds. The van der Waals surface area contributed by atoms with Crippen LogP contribution < -0.4 is 4.74 Å². The van der Waals surface area contributed by atoms with Gasteiger partial charge in [0.2, 0.25) is 5.78 Å². The van der Waals surface area contributed by atoms with Crippen molar-refractivity contribution < 1.29 is 14.5 Å². The lowest BCUT2D eigenvalue weighted by Crippen LogP contribution is -2.14. The van der Waals surface area contributed by atoms with E-state index in [2.05, 4.69) is 0 Å². The van der Waals surface area contributed by atoms with Gasteiger partial charge in [0.15, 0.2) is 6.61 Å². The van der Waals surface area contributed by atoms with Crippen LogP contribution in [0.3, 0.4) is 0 Å². The van der Waals surface area contributed by atoms with E-state index in [-0.39, 0.29) is 28.8 Å². The molecule has 104 valence electrons. The van der Waals surface area contributed by atoms with Gasteiger partial charge in [-0.15, -0.1) is 0 Å². The number of benzene rings is 1. The second-order valence-corrected chi connectivity index (χ2v) is 4.50. The Labute approximate surface area is 119 Å². The van der Waals surface area contributed by atoms with Crippen LogP contribution in [0.25, 0.3) is 0 Å². The van der Waals surface area contributed by atoms with Crippen molar-refractivity contribution in [3.63, 3.8) is 0 Å². The van der Waals surface area contributed by atoms with Gasteiger partial charge in [-0.1, -0.05) is 11.6 Å². The second-order valence-electron chi connectivity index (χ2n) is 4.09. The van der Waals surface area contributed by atoms with Gasteiger partial charge in [-0.05, 0) is 18.2 Å². The molecule has 0 fully saturated rings. The molecule has 2 aromatic rings. The number of carbonyl (C=O) groups is 1. The number of aryl methyl sites for hydroxylation is 1. The molecule has 0 unspecified atom stereocenters. The number of hydrogen-bond donors (Lipinski definition) is 0. The molecule has 0 N–H and O–H groups in total. The maximum absolute atomic E-state index is 11.9. The van der Waals surface area contributed by atoms with Crippen molar-refractivity contribution in [3.8, 4) is 5.75 Å². The summed E-state index contributed by atoms with van der Waals surface area (Å²) in [6.07, 6.45) is 1.74. The molecular weight excluding hydrogens is 284 g/mol. The zero-order valence-corrected chi connectivity index (χ0v) is 11.3. The molecule has 0 aliphatic rings. The van der Waals surface area contributed by atoms with Crippen LogP contribution in [0, 0.1) is 10.1 Å². The van der Waals surface area contributed by atoms with E-state index in [4.69, 9.17) is 16.3 Å². The number of ether oxygens (including phenoxy) is 1. The quantitative estimate of drug-likeness (QED) is 0.483. The first-order valence-electron chi connectivity index (χ1n) is 5.70. The standard InChI is InChI=1S/C13H11ClN2O4/c1-15-6-2-3-11(15)12(17)8-20-13-7-9(16(18)19)4-5-10(13)14/h2-7H,8H2,1H3. The predicted molar refractivity (Wildman–Crippen MR) is 73.3 cm³/mol. The van der Waals surface area contributed by atoms with Crippen molar-refractivity contribution in [2.75, 3.05) is 6.61 Å². The van der Waals surface area contributed by atoms with Crippen LogP contribution in [0.15, 0.2) is 36.5 Å². The number of nitro benzene ring substituents is 1. The molecule has 0 bridgehead atoms. The summed E-state index contributed by atoms with van der Waals surface area (Å²) in [5.74, 6) is -0.122. The van der Waals surface area contributed by atoms with Gasteiger partial charge in [0.1, 0.15) is 5.75 Å². The number of non-ortho nitro benzene ring substituents is 1. The van der Waals surface area contributed by atoms with Crippen molar-refractivity contribution in [3.05, 3.63) is 57.4 Å². The van der Waals surface area contributed by atoms with E-state index >= 15 is 0 Å². The van der Waals surface area contributed by atoms with Crippen LogP contribution in [-0.2, 0) is 7.05 Å². The lowest BCUT2D eigenvalue weighted by Gasteiger charge is -2.07. The lowest BCUT2D eigenvalue weighted by atomic mass is 10.3. The summed E-state index contributed by atoms with van der Waals surface area (Å²) in [7, 11) is 1.74. The Morgan fingerprint density at radius 2 is 2.20 bits per heavy atom. The lowest BCUT2D eigenvalue weighted by molar-refractivity contribution is -0.384. The van der Waals surface area contributed by atoms with Gasteiger partial charge in [0, 0.05) is 19.3 Å². The molecular formula is C13H11ClN2O4. The second kappa shape index (κ2) is 5.75. The molecule has 0 radical (unpaired) electrons. The molecule has 1 aromatic heterocycles. The third-order valence-electron chi connectivity index (χ3n) is 2.71. The van der Waals surface area contributed by atoms with Crippen LogP contribution >= 0.6 is 11.6 Å². The first kappa shape index (κ1) is 14.1. The van der Waals surface area contributed by atoms with Gasteiger partial charge >= 0.3 is 0 Å². The van der Waals surface area contributed by atoms with E-state index < -0.39 is 4.92 Å². The maximum atomic E-state index is 11.9. The predicted octanol–water partition coefficient (Wildman–Crippen LogP) is 2.85. The van der Waals surface area contributed by atoms with Gasteiger partial charge in [0.05, 0.1) is 21.7 Å². The van der Waals surface area contributed by atoms with Crippen molar-refractivity contribution in [1.29, 1.82) is 0 Å². The SMILES string of the molecule is Cn1cccc1C(=O)COc1cc([N+](=O)[O-])ccc1Cl. The van der Waals surface area contributed by atoms with Gasteiger partial charge in [-0.25, -0.2) is 0 Å². The highest BCUT2D eigenvalue weighted by atomic mass is 35.5. The van der Waals surface area contributed by atoms with Crippen LogP contribution in [0.5, 0.6) is 5.75 Å². The zero-order valence-electron chi connectivity index (χ0n) is 10.6. The topological polar surface area (TPSA) is 74.4 Å². The van der Waals surface area contributed by atoms with Crippen molar-refractivity contribution in [1.82, 2.24) is 4.57 Å². The summed E-state index contributed by atoms with van der Waals surface area (Å²) in [4.78, 5) is 22.0. The number of aromatic nitrogens is 1. The zero-order chi connectivity index (χ0) is 14.7. The first-order chi connectivity index (χ1) is 9.49. The average molecular weight is 295 g/mol. The molecule has 0 atom stereocenters. The molecule has 1 heterocycles. The number of halogens is 1. The Balaban J connectivity index is 2.11. The fraction of sp³-hybridized carbons (Fsp3) is 0.154. The summed E-state index contributed by atoms with van der Waals surface area (Å²) in [5.41, 5.74) is 0.349. The van der Waals surface area contributed by atoms with Gasteiger partial charge in [0.25, 0.3) is 5.69 Å². The van der Waals surface area contributed by atoms with E-state index in [1.807, 2.05) is 0 Å². The van der Waals surface area contributed by atoms with Gasteiger partial charge in [-0.3, -0.25) is 14.9 Å². The normalized spacial score (nSPS) is 10.3. The number of ketones is 1. The molecule has 7 heteroatoms. The first-order valence-corrected chi connectivity index (χ1v) is 6.08. The van der Waals surface area contributed by atoms with Crippen LogP contribution in [0.2, 0.25) is 5.02 Å². The Kier molecular flexibility index (Phi) is 4.05. The van der Waals surface area contributed by atoms with E-state index in [0.717, 1.165) is 0 Å². The fourth-order valence-electron chi connectivity index (χ4n) is 1.68. The molecule has 0 aliphatic heterocycles. The molecule has 20 heavy (non-hydrogen) atoms. The molecule has 0 aliphatic carbocycles. The summed E-state index contributed by atoms with van der Waals surface area (Å²) >= 11 is 5.88. The molecule has 2 rings (SSSR count). The number of rotatable bonds is 5. The minimum absolute atomic E-state index is 0.114. The highest BCUT2D eigenvalue weighted by Crippen LogP contribution is 2.28. The molecule has 6 nitrogen and oxygen atoms in total. The van der Waals surface area contributed by atoms with E-state index in [0.29, 0.717) is 5.69 Å². The summed E-state index contributed by atoms with van der Waals surface area (Å²) in [6.45, 7) is -0.237. The Hall–Kier alpha value is -2.34. The third kappa shape index (κ3) is 2.97. The average Bonchev–Trinajstić information content (AvgIpc) is 2.83. The minimum atomic E-state index is -0.553. The minimum Gasteiger partial charge on any atom is -0.484 e. The molecule has 1 aromatic carbocycles. The highest BCUT2D eigenvalue weighted by molar-refractivity contribution is 6.32. The van der Waals surface area contributed by atoms with Crippen molar-refractivity contribution >= 4 is 23.1 Å². The molecule has 0 saturated heterocycles. The van der Waals surface area contributed by atoms with E-state index in [9.17, 15) is 14.9 Å². The Bertz CT molecular complexity index is 666. The molecule has 0 spiro atoms. The maximum Gasteiger partial charge on any atom is 0.273 e. The number of nitrogens with zero attached hydrogens (tertiary/aromatic N) is 2. The third-order valence-corrected chi connectivity index (χ3v) is 3.03. The highest BCUT2D eigenvalue weighted by Gasteiger charge is 2.14.